The lowest BCUT2D eigenvalue weighted by Gasteiger charge is -2.34. The van der Waals surface area contributed by atoms with Crippen LogP contribution in [0.4, 0.5) is 0 Å². The van der Waals surface area contributed by atoms with Gasteiger partial charge in [-0.2, -0.15) is 0 Å². The highest BCUT2D eigenvalue weighted by Gasteiger charge is 2.39. The molecule has 2 aromatic rings. The third kappa shape index (κ3) is 4.28. The summed E-state index contributed by atoms with van der Waals surface area (Å²) >= 11 is 1.64. The Balaban J connectivity index is 1.61. The summed E-state index contributed by atoms with van der Waals surface area (Å²) in [5.74, 6) is 0.425. The fourth-order valence-electron chi connectivity index (χ4n) is 3.84. The van der Waals surface area contributed by atoms with E-state index in [2.05, 4.69) is 0 Å². The predicted octanol–water partition coefficient (Wildman–Crippen LogP) is 5.09. The monoisotopic (exact) mass is 398 g/mol. The Kier molecular flexibility index (Phi) is 6.07. The summed E-state index contributed by atoms with van der Waals surface area (Å²) in [5.41, 5.74) is 2.21. The van der Waals surface area contributed by atoms with Crippen LogP contribution >= 0.6 is 11.8 Å². The predicted molar refractivity (Wildman–Crippen MR) is 110 cm³/mol. The van der Waals surface area contributed by atoms with E-state index in [1.54, 1.807) is 18.9 Å². The van der Waals surface area contributed by atoms with Crippen LogP contribution in [0.3, 0.4) is 0 Å². The highest BCUT2D eigenvalue weighted by atomic mass is 32.2. The molecule has 0 amide bonds. The first-order chi connectivity index (χ1) is 13.7. The topological polar surface area (TPSA) is 47.9 Å². The second-order valence-electron chi connectivity index (χ2n) is 7.17. The van der Waals surface area contributed by atoms with Crippen LogP contribution < -0.4 is 4.74 Å². The quantitative estimate of drug-likeness (QED) is 0.711. The van der Waals surface area contributed by atoms with Crippen LogP contribution in [0.25, 0.3) is 0 Å². The number of benzene rings is 2. The molecule has 1 saturated carbocycles. The molecule has 2 fully saturated rings. The molecule has 1 spiro atoms. The number of hydrogen-bond acceptors (Lipinski definition) is 5. The number of allylic oxidation sites excluding steroid dienone is 1. The molecule has 1 atom stereocenters. The zero-order chi connectivity index (χ0) is 19.4. The molecule has 1 saturated heterocycles. The van der Waals surface area contributed by atoms with Crippen LogP contribution in [0, 0.1) is 0 Å². The molecule has 148 valence electrons. The number of hydrogen-bond donors (Lipinski definition) is 1. The highest BCUT2D eigenvalue weighted by Crippen LogP contribution is 2.45. The molecule has 0 radical (unpaired) electrons. The zero-order valence-corrected chi connectivity index (χ0v) is 16.9. The summed E-state index contributed by atoms with van der Waals surface area (Å²) in [5, 5.41) is 11.2. The van der Waals surface area contributed by atoms with Crippen LogP contribution in [-0.2, 0) is 9.47 Å². The summed E-state index contributed by atoms with van der Waals surface area (Å²) in [4.78, 5) is 2.11. The summed E-state index contributed by atoms with van der Waals surface area (Å²) < 4.78 is 17.0. The van der Waals surface area contributed by atoms with E-state index in [0.29, 0.717) is 13.2 Å². The lowest BCUT2D eigenvalue weighted by atomic mass is 9.88. The first-order valence-electron chi connectivity index (χ1n) is 9.74. The second kappa shape index (κ2) is 8.70. The average molecular weight is 399 g/mol. The van der Waals surface area contributed by atoms with Crippen molar-refractivity contribution in [1.82, 2.24) is 0 Å². The Bertz CT molecular complexity index is 798. The van der Waals surface area contributed by atoms with Crippen molar-refractivity contribution in [2.45, 2.75) is 42.5 Å². The standard InChI is InChI=1S/C23H26O4S/c1-25-19-7-9-20(10-8-19)28-22(21(24)17-5-3-2-4-6-17)18-11-13-23(14-12-18)26-15-16-27-23/h2-10,21,24H,11-16H2,1H3. The number of aliphatic hydroxyl groups is 1. The Morgan fingerprint density at radius 2 is 1.64 bits per heavy atom. The van der Waals surface area contributed by atoms with E-state index in [9.17, 15) is 5.11 Å². The van der Waals surface area contributed by atoms with Gasteiger partial charge in [0, 0.05) is 22.6 Å². The maximum atomic E-state index is 11.2. The van der Waals surface area contributed by atoms with Crippen LogP contribution in [0.15, 0.2) is 70.0 Å². The van der Waals surface area contributed by atoms with Gasteiger partial charge < -0.3 is 19.3 Å². The van der Waals surface area contributed by atoms with Crippen LogP contribution in [-0.4, -0.2) is 31.2 Å². The Labute approximate surface area is 170 Å². The van der Waals surface area contributed by atoms with E-state index in [-0.39, 0.29) is 0 Å². The number of rotatable bonds is 5. The largest absolute Gasteiger partial charge is 0.497 e. The summed E-state index contributed by atoms with van der Waals surface area (Å²) in [6.45, 7) is 1.36. The fraction of sp³-hybridized carbons (Fsp3) is 0.391. The van der Waals surface area contributed by atoms with Gasteiger partial charge in [-0.3, -0.25) is 0 Å². The second-order valence-corrected chi connectivity index (χ2v) is 8.28. The lowest BCUT2D eigenvalue weighted by Crippen LogP contribution is -2.33. The minimum Gasteiger partial charge on any atom is -0.497 e. The number of aliphatic hydroxyl groups excluding tert-OH is 1. The molecule has 5 heteroatoms. The van der Waals surface area contributed by atoms with Crippen molar-refractivity contribution in [2.24, 2.45) is 0 Å². The summed E-state index contributed by atoms with van der Waals surface area (Å²) in [6.07, 6.45) is 2.81. The first-order valence-corrected chi connectivity index (χ1v) is 10.6. The van der Waals surface area contributed by atoms with E-state index in [4.69, 9.17) is 14.2 Å². The van der Waals surface area contributed by atoms with Crippen LogP contribution in [0.5, 0.6) is 5.75 Å². The van der Waals surface area contributed by atoms with Gasteiger partial charge in [-0.1, -0.05) is 47.7 Å². The number of thioether (sulfide) groups is 1. The lowest BCUT2D eigenvalue weighted by molar-refractivity contribution is -0.171. The molecular formula is C23H26O4S. The van der Waals surface area contributed by atoms with Gasteiger partial charge in [-0.25, -0.2) is 0 Å². The van der Waals surface area contributed by atoms with Crippen LogP contribution in [0.2, 0.25) is 0 Å². The Hall–Kier alpha value is -1.79. The Morgan fingerprint density at radius 1 is 1.00 bits per heavy atom. The first kappa shape index (κ1) is 19.5. The van der Waals surface area contributed by atoms with Crippen molar-refractivity contribution >= 4 is 11.8 Å². The molecule has 28 heavy (non-hydrogen) atoms. The van der Waals surface area contributed by atoms with Crippen molar-refractivity contribution in [3.63, 3.8) is 0 Å². The zero-order valence-electron chi connectivity index (χ0n) is 16.1. The van der Waals surface area contributed by atoms with E-state index in [1.165, 1.54) is 5.57 Å². The molecule has 1 N–H and O–H groups in total. The van der Waals surface area contributed by atoms with Gasteiger partial charge in [-0.15, -0.1) is 0 Å². The normalized spacial score (nSPS) is 19.6. The molecule has 1 aliphatic carbocycles. The maximum Gasteiger partial charge on any atom is 0.169 e. The molecule has 4 rings (SSSR count). The molecular weight excluding hydrogens is 372 g/mol. The van der Waals surface area contributed by atoms with Gasteiger partial charge in [0.25, 0.3) is 0 Å². The number of ether oxygens (including phenoxy) is 3. The summed E-state index contributed by atoms with van der Waals surface area (Å²) in [7, 11) is 1.67. The van der Waals surface area contributed by atoms with E-state index in [1.807, 2.05) is 54.6 Å². The van der Waals surface area contributed by atoms with Crippen molar-refractivity contribution in [3.8, 4) is 5.75 Å². The van der Waals surface area contributed by atoms with Crippen molar-refractivity contribution in [2.75, 3.05) is 20.3 Å². The van der Waals surface area contributed by atoms with Crippen LogP contribution in [0.1, 0.15) is 37.4 Å². The third-order valence-corrected chi connectivity index (χ3v) is 6.67. The van der Waals surface area contributed by atoms with Crippen molar-refractivity contribution in [1.29, 1.82) is 0 Å². The van der Waals surface area contributed by atoms with Gasteiger partial charge in [0.2, 0.25) is 0 Å². The molecule has 4 nitrogen and oxygen atoms in total. The molecule has 1 unspecified atom stereocenters. The van der Waals surface area contributed by atoms with E-state index < -0.39 is 11.9 Å². The molecule has 1 aliphatic heterocycles. The van der Waals surface area contributed by atoms with Gasteiger partial charge in [0.1, 0.15) is 11.9 Å². The maximum absolute atomic E-state index is 11.2. The minimum absolute atomic E-state index is 0.406. The highest BCUT2D eigenvalue weighted by molar-refractivity contribution is 8.03. The van der Waals surface area contributed by atoms with Gasteiger partial charge in [0.15, 0.2) is 5.79 Å². The van der Waals surface area contributed by atoms with Crippen molar-refractivity contribution < 1.29 is 19.3 Å². The minimum atomic E-state index is -0.636. The van der Waals surface area contributed by atoms with Gasteiger partial charge >= 0.3 is 0 Å². The van der Waals surface area contributed by atoms with E-state index >= 15 is 0 Å². The fourth-order valence-corrected chi connectivity index (χ4v) is 4.97. The molecule has 2 aliphatic rings. The SMILES string of the molecule is COc1ccc(SC(=C2CCC3(CC2)OCCO3)C(O)c2ccccc2)cc1. The molecule has 0 bridgehead atoms. The van der Waals surface area contributed by atoms with E-state index in [0.717, 1.165) is 46.8 Å². The smallest absolute Gasteiger partial charge is 0.169 e. The van der Waals surface area contributed by atoms with Gasteiger partial charge in [-0.05, 0) is 42.7 Å². The molecule has 2 aromatic carbocycles. The number of methoxy groups -OCH3 is 1. The average Bonchev–Trinajstić information content (AvgIpc) is 3.21. The third-order valence-electron chi connectivity index (χ3n) is 5.43. The molecule has 1 heterocycles. The van der Waals surface area contributed by atoms with Gasteiger partial charge in [0.05, 0.1) is 20.3 Å². The molecule has 0 aromatic heterocycles. The Morgan fingerprint density at radius 3 is 2.25 bits per heavy atom. The summed E-state index contributed by atoms with van der Waals surface area (Å²) in [6, 6.07) is 17.8. The van der Waals surface area contributed by atoms with Crippen molar-refractivity contribution in [3.05, 3.63) is 70.6 Å².